The standard InChI is InChI=1S/C23H15ClF4N6O/c24-17-5-2-13(9-18(17)25)22(7-8-22)21(35)30-14-3-4-15(16(10-14)20-31-33-34-32-20)12-1-6-19(29-11-12)23(26,27)28/h1-6,9-11H,7-8H2,(H,30,35)(H,31,32,33,34). The van der Waals surface area contributed by atoms with Crippen LogP contribution < -0.4 is 5.32 Å². The van der Waals surface area contributed by atoms with Crippen molar-refractivity contribution in [3.8, 4) is 22.5 Å². The van der Waals surface area contributed by atoms with Gasteiger partial charge in [0.2, 0.25) is 5.91 Å². The molecular weight excluding hydrogens is 488 g/mol. The molecule has 0 unspecified atom stereocenters. The molecule has 0 radical (unpaired) electrons. The number of hydrogen-bond acceptors (Lipinski definition) is 5. The Kier molecular flexibility index (Phi) is 5.51. The number of carbonyl (C=O) groups is 1. The highest BCUT2D eigenvalue weighted by molar-refractivity contribution is 6.30. The highest BCUT2D eigenvalue weighted by Gasteiger charge is 2.51. The summed E-state index contributed by atoms with van der Waals surface area (Å²) in [5.74, 6) is -0.667. The van der Waals surface area contributed by atoms with E-state index < -0.39 is 23.1 Å². The van der Waals surface area contributed by atoms with Gasteiger partial charge in [0.1, 0.15) is 11.5 Å². The second kappa shape index (κ2) is 8.42. The van der Waals surface area contributed by atoms with Crippen molar-refractivity contribution in [2.24, 2.45) is 0 Å². The number of benzene rings is 2. The second-order valence-electron chi connectivity index (χ2n) is 8.11. The van der Waals surface area contributed by atoms with Crippen LogP contribution >= 0.6 is 11.6 Å². The molecule has 0 atom stereocenters. The number of pyridine rings is 1. The van der Waals surface area contributed by atoms with Crippen LogP contribution in [0, 0.1) is 5.82 Å². The Hall–Kier alpha value is -3.86. The molecule has 1 saturated carbocycles. The molecule has 7 nitrogen and oxygen atoms in total. The van der Waals surface area contributed by atoms with Crippen molar-refractivity contribution in [1.82, 2.24) is 25.6 Å². The van der Waals surface area contributed by atoms with Crippen molar-refractivity contribution >= 4 is 23.2 Å². The van der Waals surface area contributed by atoms with E-state index in [-0.39, 0.29) is 16.8 Å². The summed E-state index contributed by atoms with van der Waals surface area (Å²) in [7, 11) is 0. The third kappa shape index (κ3) is 4.34. The lowest BCUT2D eigenvalue weighted by Gasteiger charge is -2.17. The largest absolute Gasteiger partial charge is 0.433 e. The van der Waals surface area contributed by atoms with Crippen LogP contribution in [0.3, 0.4) is 0 Å². The van der Waals surface area contributed by atoms with E-state index in [0.29, 0.717) is 40.8 Å². The second-order valence-corrected chi connectivity index (χ2v) is 8.51. The number of H-pyrrole nitrogens is 1. The number of hydrogen-bond donors (Lipinski definition) is 2. The molecule has 0 spiro atoms. The molecule has 0 bridgehead atoms. The monoisotopic (exact) mass is 502 g/mol. The molecule has 2 aromatic carbocycles. The lowest BCUT2D eigenvalue weighted by molar-refractivity contribution is -0.141. The summed E-state index contributed by atoms with van der Waals surface area (Å²) in [6.45, 7) is 0. The number of nitrogens with zero attached hydrogens (tertiary/aromatic N) is 4. The van der Waals surface area contributed by atoms with Gasteiger partial charge in [0.15, 0.2) is 5.82 Å². The van der Waals surface area contributed by atoms with Crippen LogP contribution in [0.15, 0.2) is 54.7 Å². The van der Waals surface area contributed by atoms with E-state index in [2.05, 4.69) is 30.9 Å². The number of alkyl halides is 3. The van der Waals surface area contributed by atoms with E-state index in [4.69, 9.17) is 11.6 Å². The Morgan fingerprint density at radius 3 is 2.46 bits per heavy atom. The summed E-state index contributed by atoms with van der Waals surface area (Å²) in [6, 6.07) is 11.3. The number of anilines is 1. The predicted molar refractivity (Wildman–Crippen MR) is 119 cm³/mol. The molecule has 2 aromatic heterocycles. The zero-order chi connectivity index (χ0) is 24.8. The zero-order valence-electron chi connectivity index (χ0n) is 17.7. The van der Waals surface area contributed by atoms with Crippen LogP contribution in [-0.4, -0.2) is 31.5 Å². The van der Waals surface area contributed by atoms with Gasteiger partial charge in [-0.25, -0.2) is 9.49 Å². The molecule has 178 valence electrons. The fourth-order valence-electron chi connectivity index (χ4n) is 3.88. The number of rotatable bonds is 5. The van der Waals surface area contributed by atoms with Gasteiger partial charge in [-0.2, -0.15) is 13.2 Å². The fourth-order valence-corrected chi connectivity index (χ4v) is 4.00. The van der Waals surface area contributed by atoms with Crippen molar-refractivity contribution in [3.05, 3.63) is 76.8 Å². The average Bonchev–Trinajstić information content (AvgIpc) is 3.47. The maximum absolute atomic E-state index is 14.0. The van der Waals surface area contributed by atoms with Crippen molar-refractivity contribution in [2.45, 2.75) is 24.4 Å². The first kappa shape index (κ1) is 22.9. The zero-order valence-corrected chi connectivity index (χ0v) is 18.5. The van der Waals surface area contributed by atoms with E-state index in [1.54, 1.807) is 24.3 Å². The molecule has 35 heavy (non-hydrogen) atoms. The molecule has 1 fully saturated rings. The number of amides is 1. The molecule has 5 rings (SSSR count). The molecule has 2 heterocycles. The van der Waals surface area contributed by atoms with Crippen LogP contribution in [-0.2, 0) is 16.4 Å². The first-order valence-electron chi connectivity index (χ1n) is 10.4. The third-order valence-corrected chi connectivity index (χ3v) is 6.21. The molecular formula is C23H15ClF4N6O. The Morgan fingerprint density at radius 2 is 1.86 bits per heavy atom. The molecule has 0 aliphatic heterocycles. The van der Waals surface area contributed by atoms with Gasteiger partial charge in [-0.3, -0.25) is 9.78 Å². The van der Waals surface area contributed by atoms with Gasteiger partial charge in [0.25, 0.3) is 0 Å². The molecule has 0 saturated heterocycles. The minimum atomic E-state index is -4.56. The maximum Gasteiger partial charge on any atom is 0.433 e. The summed E-state index contributed by atoms with van der Waals surface area (Å²) < 4.78 is 52.7. The summed E-state index contributed by atoms with van der Waals surface area (Å²) in [5.41, 5.74) is 0.407. The molecule has 1 aliphatic carbocycles. The molecule has 2 N–H and O–H groups in total. The SMILES string of the molecule is O=C(Nc1ccc(-c2ccc(C(F)(F)F)nc2)c(-c2nnn[nH]2)c1)C1(c2ccc(Cl)c(F)c2)CC1. The van der Waals surface area contributed by atoms with Crippen LogP contribution in [0.25, 0.3) is 22.5 Å². The maximum atomic E-state index is 14.0. The topological polar surface area (TPSA) is 96.5 Å². The summed E-state index contributed by atoms with van der Waals surface area (Å²) >= 11 is 5.77. The van der Waals surface area contributed by atoms with E-state index in [1.807, 2.05) is 0 Å². The number of aromatic amines is 1. The first-order chi connectivity index (χ1) is 16.7. The summed E-state index contributed by atoms with van der Waals surface area (Å²) in [5, 5.41) is 16.4. The molecule has 4 aromatic rings. The molecule has 1 aliphatic rings. The van der Waals surface area contributed by atoms with Gasteiger partial charge in [-0.15, -0.1) is 5.10 Å². The highest BCUT2D eigenvalue weighted by Crippen LogP contribution is 2.49. The van der Waals surface area contributed by atoms with Crippen molar-refractivity contribution < 1.29 is 22.4 Å². The number of nitrogens with one attached hydrogen (secondary N) is 2. The number of tetrazole rings is 1. The number of halogens is 5. The van der Waals surface area contributed by atoms with Gasteiger partial charge in [0, 0.05) is 23.0 Å². The van der Waals surface area contributed by atoms with E-state index in [0.717, 1.165) is 12.3 Å². The lowest BCUT2D eigenvalue weighted by atomic mass is 9.94. The number of carbonyl (C=O) groups excluding carboxylic acids is 1. The minimum absolute atomic E-state index is 0.0244. The van der Waals surface area contributed by atoms with Gasteiger partial charge in [0.05, 0.1) is 10.4 Å². The van der Waals surface area contributed by atoms with Crippen LogP contribution in [0.2, 0.25) is 5.02 Å². The van der Waals surface area contributed by atoms with Crippen LogP contribution in [0.1, 0.15) is 24.1 Å². The third-order valence-electron chi connectivity index (χ3n) is 5.90. The quantitative estimate of drug-likeness (QED) is 0.356. The minimum Gasteiger partial charge on any atom is -0.325 e. The average molecular weight is 503 g/mol. The summed E-state index contributed by atoms with van der Waals surface area (Å²) in [6.07, 6.45) is -2.35. The summed E-state index contributed by atoms with van der Waals surface area (Å²) in [4.78, 5) is 16.7. The van der Waals surface area contributed by atoms with E-state index in [1.165, 1.54) is 18.2 Å². The van der Waals surface area contributed by atoms with Gasteiger partial charge in [-0.1, -0.05) is 29.8 Å². The van der Waals surface area contributed by atoms with Gasteiger partial charge >= 0.3 is 6.18 Å². The van der Waals surface area contributed by atoms with E-state index in [9.17, 15) is 22.4 Å². The Bertz CT molecular complexity index is 1400. The normalized spacial score (nSPS) is 14.5. The van der Waals surface area contributed by atoms with Gasteiger partial charge < -0.3 is 5.32 Å². The number of aromatic nitrogens is 5. The Morgan fingerprint density at radius 1 is 1.06 bits per heavy atom. The Balaban J connectivity index is 1.47. The van der Waals surface area contributed by atoms with E-state index >= 15 is 0 Å². The van der Waals surface area contributed by atoms with Crippen molar-refractivity contribution in [3.63, 3.8) is 0 Å². The molecule has 1 amide bonds. The van der Waals surface area contributed by atoms with Crippen molar-refractivity contribution in [1.29, 1.82) is 0 Å². The Labute approximate surface area is 200 Å². The highest BCUT2D eigenvalue weighted by atomic mass is 35.5. The predicted octanol–water partition coefficient (Wildman–Crippen LogP) is 5.41. The molecule has 12 heteroatoms. The fraction of sp³-hybridized carbons (Fsp3) is 0.174. The lowest BCUT2D eigenvalue weighted by Crippen LogP contribution is -2.28. The van der Waals surface area contributed by atoms with Crippen molar-refractivity contribution in [2.75, 3.05) is 5.32 Å². The van der Waals surface area contributed by atoms with Crippen LogP contribution in [0.4, 0.5) is 23.2 Å². The van der Waals surface area contributed by atoms with Gasteiger partial charge in [-0.05, 0) is 64.7 Å². The van der Waals surface area contributed by atoms with Crippen LogP contribution in [0.5, 0.6) is 0 Å². The first-order valence-corrected chi connectivity index (χ1v) is 10.7. The smallest absolute Gasteiger partial charge is 0.325 e.